The van der Waals surface area contributed by atoms with Crippen LogP contribution in [0.2, 0.25) is 0 Å². The molecule has 0 spiro atoms. The van der Waals surface area contributed by atoms with Crippen LogP contribution in [-0.2, 0) is 12.8 Å². The first kappa shape index (κ1) is 22.1. The second-order valence-electron chi connectivity index (χ2n) is 8.15. The summed E-state index contributed by atoms with van der Waals surface area (Å²) >= 11 is 2.86. The summed E-state index contributed by atoms with van der Waals surface area (Å²) in [6, 6.07) is 12.4. The number of hydrogen-bond donors (Lipinski definition) is 0. The Labute approximate surface area is 198 Å². The van der Waals surface area contributed by atoms with Gasteiger partial charge in [-0.25, -0.2) is 13.8 Å². The maximum absolute atomic E-state index is 14.7. The van der Waals surface area contributed by atoms with Crippen LogP contribution in [0.1, 0.15) is 23.8 Å². The van der Waals surface area contributed by atoms with E-state index in [-0.39, 0.29) is 23.6 Å². The summed E-state index contributed by atoms with van der Waals surface area (Å²) in [7, 11) is 0. The Morgan fingerprint density at radius 3 is 2.70 bits per heavy atom. The molecule has 0 amide bonds. The zero-order chi connectivity index (χ0) is 22.9. The van der Waals surface area contributed by atoms with Crippen LogP contribution < -0.4 is 10.3 Å². The molecule has 1 aliphatic carbocycles. The Kier molecular flexibility index (Phi) is 6.21. The van der Waals surface area contributed by atoms with Crippen molar-refractivity contribution in [2.75, 3.05) is 12.4 Å². The van der Waals surface area contributed by atoms with Gasteiger partial charge in [0.15, 0.2) is 16.7 Å². The van der Waals surface area contributed by atoms with E-state index >= 15 is 0 Å². The third-order valence-electron chi connectivity index (χ3n) is 5.80. The molecule has 0 fully saturated rings. The van der Waals surface area contributed by atoms with Crippen LogP contribution in [0.5, 0.6) is 5.75 Å². The molecule has 170 valence electrons. The third kappa shape index (κ3) is 4.29. The first-order valence-corrected chi connectivity index (χ1v) is 12.7. The van der Waals surface area contributed by atoms with Gasteiger partial charge in [-0.15, -0.1) is 11.3 Å². The fraction of sp³-hybridized carbons (Fsp3) is 0.280. The molecule has 33 heavy (non-hydrogen) atoms. The van der Waals surface area contributed by atoms with Gasteiger partial charge in [0.25, 0.3) is 5.56 Å². The number of para-hydroxylation sites is 2. The van der Waals surface area contributed by atoms with Crippen LogP contribution in [0.25, 0.3) is 15.9 Å². The van der Waals surface area contributed by atoms with E-state index < -0.39 is 11.6 Å². The zero-order valence-electron chi connectivity index (χ0n) is 18.0. The Morgan fingerprint density at radius 1 is 1.15 bits per heavy atom. The second-order valence-corrected chi connectivity index (χ2v) is 10.3. The smallest absolute Gasteiger partial charge is 0.267 e. The number of aryl methyl sites for hydroxylation is 1. The zero-order valence-corrected chi connectivity index (χ0v) is 19.6. The number of ether oxygens (including phenoxy) is 1. The number of thiophene rings is 1. The summed E-state index contributed by atoms with van der Waals surface area (Å²) < 4.78 is 35.5. The Balaban J connectivity index is 1.52. The fourth-order valence-corrected chi connectivity index (χ4v) is 6.41. The van der Waals surface area contributed by atoms with Gasteiger partial charge in [0.05, 0.1) is 17.7 Å². The molecular formula is C25H22F2N2O2S2. The maximum Gasteiger partial charge on any atom is 0.267 e. The van der Waals surface area contributed by atoms with E-state index in [0.717, 1.165) is 24.8 Å². The number of hydrogen-bond acceptors (Lipinski definition) is 5. The highest BCUT2D eigenvalue weighted by Crippen LogP contribution is 2.37. The lowest BCUT2D eigenvalue weighted by Crippen LogP contribution is -2.23. The van der Waals surface area contributed by atoms with Gasteiger partial charge in [-0.2, -0.15) is 0 Å². The molecule has 0 radical (unpaired) electrons. The molecular weight excluding hydrogens is 462 g/mol. The number of thioether (sulfide) groups is 1. The highest BCUT2D eigenvalue weighted by Gasteiger charge is 2.25. The average Bonchev–Trinajstić information content (AvgIpc) is 3.16. The van der Waals surface area contributed by atoms with Gasteiger partial charge in [0, 0.05) is 10.6 Å². The molecule has 0 saturated carbocycles. The highest BCUT2D eigenvalue weighted by molar-refractivity contribution is 7.99. The van der Waals surface area contributed by atoms with E-state index in [1.807, 2.05) is 0 Å². The van der Waals surface area contributed by atoms with Gasteiger partial charge in [-0.1, -0.05) is 43.0 Å². The van der Waals surface area contributed by atoms with Crippen LogP contribution in [0.4, 0.5) is 8.78 Å². The summed E-state index contributed by atoms with van der Waals surface area (Å²) in [4.78, 5) is 20.4. The van der Waals surface area contributed by atoms with E-state index in [4.69, 9.17) is 9.72 Å². The average molecular weight is 485 g/mol. The van der Waals surface area contributed by atoms with Gasteiger partial charge in [-0.3, -0.25) is 9.36 Å². The molecule has 0 saturated heterocycles. The van der Waals surface area contributed by atoms with E-state index in [1.165, 1.54) is 33.3 Å². The van der Waals surface area contributed by atoms with Crippen molar-refractivity contribution < 1.29 is 13.5 Å². The molecule has 0 N–H and O–H groups in total. The fourth-order valence-electron chi connectivity index (χ4n) is 4.16. The van der Waals surface area contributed by atoms with Crippen LogP contribution >= 0.6 is 23.1 Å². The Bertz CT molecular complexity index is 1380. The number of halogens is 2. The van der Waals surface area contributed by atoms with Crippen molar-refractivity contribution >= 4 is 33.3 Å². The predicted molar refractivity (Wildman–Crippen MR) is 129 cm³/mol. The summed E-state index contributed by atoms with van der Waals surface area (Å²) in [6.45, 7) is 2.43. The largest absolute Gasteiger partial charge is 0.490 e. The number of rotatable bonds is 6. The molecule has 0 aliphatic heterocycles. The minimum absolute atomic E-state index is 0.174. The Hall–Kier alpha value is -2.71. The lowest BCUT2D eigenvalue weighted by molar-refractivity contribution is 0.325. The molecule has 2 aromatic carbocycles. The van der Waals surface area contributed by atoms with Crippen LogP contribution in [0, 0.1) is 17.6 Å². The predicted octanol–water partition coefficient (Wildman–Crippen LogP) is 6.02. The topological polar surface area (TPSA) is 44.1 Å². The molecule has 1 atom stereocenters. The van der Waals surface area contributed by atoms with Gasteiger partial charge in [0.1, 0.15) is 10.6 Å². The molecule has 1 unspecified atom stereocenters. The molecule has 1 aliphatic rings. The summed E-state index contributed by atoms with van der Waals surface area (Å²) in [5.41, 5.74) is 1.00. The van der Waals surface area contributed by atoms with Crippen molar-refractivity contribution in [3.05, 3.63) is 81.0 Å². The van der Waals surface area contributed by atoms with Crippen molar-refractivity contribution in [1.29, 1.82) is 0 Å². The highest BCUT2D eigenvalue weighted by atomic mass is 32.2. The van der Waals surface area contributed by atoms with Gasteiger partial charge >= 0.3 is 0 Å². The van der Waals surface area contributed by atoms with Gasteiger partial charge in [-0.05, 0) is 55.0 Å². The number of benzene rings is 2. The number of aromatic nitrogens is 2. The maximum atomic E-state index is 14.7. The number of fused-ring (bicyclic) bond motifs is 3. The monoisotopic (exact) mass is 484 g/mol. The van der Waals surface area contributed by atoms with E-state index in [2.05, 4.69) is 6.92 Å². The molecule has 4 nitrogen and oxygen atoms in total. The molecule has 2 aromatic heterocycles. The minimum atomic E-state index is -0.483. The van der Waals surface area contributed by atoms with Crippen LogP contribution in [-0.4, -0.2) is 21.9 Å². The van der Waals surface area contributed by atoms with E-state index in [0.29, 0.717) is 27.0 Å². The molecule has 4 aromatic rings. The normalized spacial score (nSPS) is 15.5. The van der Waals surface area contributed by atoms with E-state index in [9.17, 15) is 13.6 Å². The minimum Gasteiger partial charge on any atom is -0.490 e. The molecule has 2 heterocycles. The summed E-state index contributed by atoms with van der Waals surface area (Å²) in [6.07, 6.45) is 2.81. The quantitative estimate of drug-likeness (QED) is 0.191. The molecule has 8 heteroatoms. The SMILES string of the molecule is CC1CCc2c(sc3nc(SCCOc4ccccc4F)n(-c4ccccc4F)c(=O)c23)C1. The van der Waals surface area contributed by atoms with Gasteiger partial charge in [0.2, 0.25) is 0 Å². The van der Waals surface area contributed by atoms with Crippen molar-refractivity contribution in [3.8, 4) is 11.4 Å². The van der Waals surface area contributed by atoms with Crippen LogP contribution in [0.3, 0.4) is 0 Å². The summed E-state index contributed by atoms with van der Waals surface area (Å²) in [5.74, 6) is 0.256. The molecule has 0 bridgehead atoms. The first-order chi connectivity index (χ1) is 16.0. The molecule has 5 rings (SSSR count). The van der Waals surface area contributed by atoms with Crippen LogP contribution in [0.15, 0.2) is 58.5 Å². The third-order valence-corrected chi connectivity index (χ3v) is 7.85. The lowest BCUT2D eigenvalue weighted by Gasteiger charge is -2.18. The summed E-state index contributed by atoms with van der Waals surface area (Å²) in [5, 5.41) is 1.01. The van der Waals surface area contributed by atoms with Crippen molar-refractivity contribution in [2.24, 2.45) is 5.92 Å². The van der Waals surface area contributed by atoms with Crippen molar-refractivity contribution in [1.82, 2.24) is 9.55 Å². The standard InChI is InChI=1S/C25H22F2N2O2S2/c1-15-10-11-16-21(14-15)33-23-22(16)24(30)29(19-8-4-2-6-17(19)26)25(28-23)32-13-12-31-20-9-5-3-7-18(20)27/h2-9,15H,10-14H2,1H3. The Morgan fingerprint density at radius 2 is 1.91 bits per heavy atom. The number of nitrogens with zero attached hydrogens (tertiary/aromatic N) is 2. The van der Waals surface area contributed by atoms with E-state index in [1.54, 1.807) is 47.7 Å². The lowest BCUT2D eigenvalue weighted by atomic mass is 9.89. The van der Waals surface area contributed by atoms with Gasteiger partial charge < -0.3 is 4.74 Å². The first-order valence-electron chi connectivity index (χ1n) is 10.8. The van der Waals surface area contributed by atoms with Crippen molar-refractivity contribution in [3.63, 3.8) is 0 Å². The second kappa shape index (κ2) is 9.27. The van der Waals surface area contributed by atoms with Crippen molar-refractivity contribution in [2.45, 2.75) is 31.3 Å².